The highest BCUT2D eigenvalue weighted by molar-refractivity contribution is 8.00. The van der Waals surface area contributed by atoms with E-state index in [1.54, 1.807) is 12.1 Å². The SMILES string of the molecule is COC(=O)[C@H](CC(C)C)NC(=O)[C@H]1[C@@H](c2ccccc2)S[C@@H]2CC[C@H](NC(=O)CNC(=O)[C@@H](N)Cc3ccc(O)cc3)C(=O)N21. The van der Waals surface area contributed by atoms with Gasteiger partial charge in [-0.3, -0.25) is 19.2 Å². The molecule has 242 valence electrons. The van der Waals surface area contributed by atoms with Crippen LogP contribution < -0.4 is 21.7 Å². The molecule has 13 heteroatoms. The van der Waals surface area contributed by atoms with Crippen LogP contribution in [0.5, 0.6) is 5.75 Å². The fourth-order valence-corrected chi connectivity index (χ4v) is 7.34. The largest absolute Gasteiger partial charge is 0.508 e. The second kappa shape index (κ2) is 15.3. The summed E-state index contributed by atoms with van der Waals surface area (Å²) in [5.41, 5.74) is 7.62. The monoisotopic (exact) mass is 639 g/mol. The normalized spacial score (nSPS) is 22.2. The van der Waals surface area contributed by atoms with Crippen molar-refractivity contribution in [2.24, 2.45) is 11.7 Å². The minimum Gasteiger partial charge on any atom is -0.508 e. The summed E-state index contributed by atoms with van der Waals surface area (Å²) in [6.45, 7) is 3.49. The summed E-state index contributed by atoms with van der Waals surface area (Å²) < 4.78 is 4.93. The van der Waals surface area contributed by atoms with Crippen LogP contribution in [0.4, 0.5) is 0 Å². The molecule has 0 spiro atoms. The lowest BCUT2D eigenvalue weighted by atomic mass is 9.97. The molecule has 2 aromatic rings. The fraction of sp³-hybridized carbons (Fsp3) is 0.469. The van der Waals surface area contributed by atoms with Crippen molar-refractivity contribution in [3.05, 3.63) is 65.7 Å². The standard InChI is InChI=1S/C32H41N5O7S/c1-18(2)15-24(32(43)44-3)36-30(41)27-28(20-7-5-4-6-8-20)45-26-14-13-23(31(42)37(26)27)35-25(39)17-34-29(40)22(33)16-19-9-11-21(38)12-10-19/h4-12,18,22-24,26-28,38H,13-17,33H2,1-3H3,(H,34,40)(H,35,39)(H,36,41)/t22-,23-,24-,26+,27+,28+/m0/s1. The number of hydrogen-bond acceptors (Lipinski definition) is 9. The molecule has 12 nitrogen and oxygen atoms in total. The second-order valence-electron chi connectivity index (χ2n) is 11.7. The zero-order valence-electron chi connectivity index (χ0n) is 25.6. The number of methoxy groups -OCH3 is 1. The maximum Gasteiger partial charge on any atom is 0.328 e. The van der Waals surface area contributed by atoms with Gasteiger partial charge >= 0.3 is 5.97 Å². The van der Waals surface area contributed by atoms with Crippen LogP contribution in [0.25, 0.3) is 0 Å². The molecule has 2 aliphatic heterocycles. The summed E-state index contributed by atoms with van der Waals surface area (Å²) >= 11 is 1.51. The number of thioether (sulfide) groups is 1. The summed E-state index contributed by atoms with van der Waals surface area (Å²) in [5.74, 6) is -2.33. The molecule has 2 heterocycles. The van der Waals surface area contributed by atoms with E-state index in [1.807, 2.05) is 44.2 Å². The van der Waals surface area contributed by atoms with E-state index in [0.29, 0.717) is 19.3 Å². The zero-order valence-corrected chi connectivity index (χ0v) is 26.4. The van der Waals surface area contributed by atoms with Crippen LogP contribution >= 0.6 is 11.8 Å². The highest BCUT2D eigenvalue weighted by Gasteiger charge is 2.52. The lowest BCUT2D eigenvalue weighted by molar-refractivity contribution is -0.149. The molecule has 2 aliphatic rings. The Hall–Kier alpha value is -4.10. The number of nitrogens with two attached hydrogens (primary N) is 1. The maximum absolute atomic E-state index is 13.9. The van der Waals surface area contributed by atoms with E-state index >= 15 is 0 Å². The van der Waals surface area contributed by atoms with Gasteiger partial charge in [0.2, 0.25) is 23.6 Å². The number of ether oxygens (including phenoxy) is 1. The Morgan fingerprint density at radius 1 is 1.07 bits per heavy atom. The molecule has 0 aliphatic carbocycles. The molecule has 0 unspecified atom stereocenters. The van der Waals surface area contributed by atoms with Gasteiger partial charge in [-0.2, -0.15) is 0 Å². The Balaban J connectivity index is 1.43. The van der Waals surface area contributed by atoms with Gasteiger partial charge in [-0.1, -0.05) is 56.3 Å². The number of fused-ring (bicyclic) bond motifs is 1. The lowest BCUT2D eigenvalue weighted by Crippen LogP contribution is -2.61. The fourth-order valence-electron chi connectivity index (χ4n) is 5.64. The first kappa shape index (κ1) is 33.8. The predicted octanol–water partition coefficient (Wildman–Crippen LogP) is 1.37. The maximum atomic E-state index is 13.9. The molecule has 6 N–H and O–H groups in total. The van der Waals surface area contributed by atoms with Gasteiger partial charge in [-0.15, -0.1) is 11.8 Å². The Bertz CT molecular complexity index is 1370. The van der Waals surface area contributed by atoms with Gasteiger partial charge in [0.15, 0.2) is 0 Å². The zero-order chi connectivity index (χ0) is 32.7. The van der Waals surface area contributed by atoms with E-state index < -0.39 is 53.8 Å². The number of amides is 4. The summed E-state index contributed by atoms with van der Waals surface area (Å²) in [6, 6.07) is 12.1. The van der Waals surface area contributed by atoms with Gasteiger partial charge in [0, 0.05) is 0 Å². The van der Waals surface area contributed by atoms with Gasteiger partial charge in [0.05, 0.1) is 30.3 Å². The molecular formula is C32H41N5O7S. The third-order valence-electron chi connectivity index (χ3n) is 7.85. The summed E-state index contributed by atoms with van der Waals surface area (Å²) in [7, 11) is 1.27. The van der Waals surface area contributed by atoms with Gasteiger partial charge < -0.3 is 36.4 Å². The molecule has 6 atom stereocenters. The summed E-state index contributed by atoms with van der Waals surface area (Å²) in [5, 5.41) is 16.8. The first-order valence-electron chi connectivity index (χ1n) is 15.0. The van der Waals surface area contributed by atoms with Gasteiger partial charge in [0.25, 0.3) is 0 Å². The quantitative estimate of drug-likeness (QED) is 0.214. The Kier molecular flexibility index (Phi) is 11.5. The van der Waals surface area contributed by atoms with Crippen LogP contribution in [-0.2, 0) is 35.1 Å². The third-order valence-corrected chi connectivity index (χ3v) is 9.45. The number of phenols is 1. The van der Waals surface area contributed by atoms with Crippen molar-refractivity contribution in [1.29, 1.82) is 0 Å². The first-order chi connectivity index (χ1) is 21.5. The average Bonchev–Trinajstić information content (AvgIpc) is 3.42. The number of hydrogen-bond donors (Lipinski definition) is 5. The molecule has 4 amide bonds. The number of rotatable bonds is 12. The molecule has 0 bridgehead atoms. The molecule has 45 heavy (non-hydrogen) atoms. The summed E-state index contributed by atoms with van der Waals surface area (Å²) in [4.78, 5) is 67.1. The van der Waals surface area contributed by atoms with Crippen molar-refractivity contribution in [2.75, 3.05) is 13.7 Å². The molecule has 2 saturated heterocycles. The van der Waals surface area contributed by atoms with Crippen LogP contribution in [0.1, 0.15) is 49.5 Å². The number of carbonyl (C=O) groups is 5. The molecule has 0 saturated carbocycles. The van der Waals surface area contributed by atoms with Crippen LogP contribution in [-0.4, -0.2) is 82.8 Å². The van der Waals surface area contributed by atoms with Gasteiger partial charge in [-0.05, 0) is 54.9 Å². The first-order valence-corrected chi connectivity index (χ1v) is 15.9. The van der Waals surface area contributed by atoms with E-state index in [0.717, 1.165) is 11.1 Å². The van der Waals surface area contributed by atoms with Gasteiger partial charge in [-0.25, -0.2) is 4.79 Å². The smallest absolute Gasteiger partial charge is 0.328 e. The third kappa shape index (κ3) is 8.54. The molecule has 4 rings (SSSR count). The Morgan fingerprint density at radius 2 is 1.76 bits per heavy atom. The number of benzene rings is 2. The highest BCUT2D eigenvalue weighted by atomic mass is 32.2. The topological polar surface area (TPSA) is 180 Å². The van der Waals surface area contributed by atoms with Crippen molar-refractivity contribution in [1.82, 2.24) is 20.9 Å². The van der Waals surface area contributed by atoms with Crippen molar-refractivity contribution in [3.63, 3.8) is 0 Å². The highest BCUT2D eigenvalue weighted by Crippen LogP contribution is 2.49. The second-order valence-corrected chi connectivity index (χ2v) is 13.0. The molecule has 2 aromatic carbocycles. The minimum absolute atomic E-state index is 0.101. The minimum atomic E-state index is -0.925. The van der Waals surface area contributed by atoms with E-state index in [9.17, 15) is 29.1 Å². The number of phenolic OH excluding ortho intramolecular Hbond substituents is 1. The lowest BCUT2D eigenvalue weighted by Gasteiger charge is -2.37. The van der Waals surface area contributed by atoms with Crippen LogP contribution in [0.15, 0.2) is 54.6 Å². The number of aromatic hydroxyl groups is 1. The average molecular weight is 640 g/mol. The number of esters is 1. The van der Waals surface area contributed by atoms with Crippen molar-refractivity contribution >= 4 is 41.4 Å². The van der Waals surface area contributed by atoms with E-state index in [1.165, 1.54) is 35.9 Å². The Morgan fingerprint density at radius 3 is 2.40 bits per heavy atom. The molecular weight excluding hydrogens is 598 g/mol. The number of nitrogens with one attached hydrogen (secondary N) is 3. The number of piperidine rings is 1. The van der Waals surface area contributed by atoms with E-state index in [-0.39, 0.29) is 35.3 Å². The van der Waals surface area contributed by atoms with Crippen LogP contribution in [0.3, 0.4) is 0 Å². The van der Waals surface area contributed by atoms with Crippen molar-refractivity contribution in [3.8, 4) is 5.75 Å². The van der Waals surface area contributed by atoms with Crippen molar-refractivity contribution < 1.29 is 33.8 Å². The molecule has 2 fully saturated rings. The Labute approximate surface area is 266 Å². The van der Waals surface area contributed by atoms with Crippen molar-refractivity contribution in [2.45, 2.75) is 74.3 Å². The van der Waals surface area contributed by atoms with Crippen LogP contribution in [0.2, 0.25) is 0 Å². The van der Waals surface area contributed by atoms with E-state index in [2.05, 4.69) is 16.0 Å². The number of carbonyl (C=O) groups excluding carboxylic acids is 5. The molecule has 0 radical (unpaired) electrons. The van der Waals surface area contributed by atoms with E-state index in [4.69, 9.17) is 10.5 Å². The van der Waals surface area contributed by atoms with Crippen LogP contribution in [0, 0.1) is 5.92 Å². The molecule has 0 aromatic heterocycles. The summed E-state index contributed by atoms with van der Waals surface area (Å²) in [6.07, 6.45) is 1.48. The predicted molar refractivity (Wildman–Crippen MR) is 169 cm³/mol. The number of nitrogens with zero attached hydrogens (tertiary/aromatic N) is 1. The van der Waals surface area contributed by atoms with Gasteiger partial charge in [0.1, 0.15) is 23.9 Å².